The summed E-state index contributed by atoms with van der Waals surface area (Å²) in [6, 6.07) is 5.59. The molecule has 1 N–H and O–H groups in total. The third kappa shape index (κ3) is 1.91. The molecule has 2 rings (SSSR count). The summed E-state index contributed by atoms with van der Waals surface area (Å²) in [5.74, 6) is 0.106. The Hall–Kier alpha value is -1.26. The fourth-order valence-corrected chi connectivity index (χ4v) is 1.91. The van der Waals surface area contributed by atoms with E-state index in [1.165, 1.54) is 0 Å². The Morgan fingerprint density at radius 3 is 3.07 bits per heavy atom. The number of Topliss-reactive ketones (excluding diaryl/α,β-unsaturated/α-hetero) is 1. The lowest BCUT2D eigenvalue weighted by Gasteiger charge is -2.15. The van der Waals surface area contributed by atoms with Gasteiger partial charge in [-0.2, -0.15) is 0 Å². The highest BCUT2D eigenvalue weighted by Gasteiger charge is 2.37. The molecule has 0 amide bonds. The second-order valence-corrected chi connectivity index (χ2v) is 4.13. The lowest BCUT2D eigenvalue weighted by atomic mass is 9.55. The maximum atomic E-state index is 11.0. The lowest BCUT2D eigenvalue weighted by molar-refractivity contribution is -0.116. The topological polar surface area (TPSA) is 46.5 Å². The molecule has 1 heterocycles. The van der Waals surface area contributed by atoms with Crippen LogP contribution in [0.15, 0.2) is 18.2 Å². The van der Waals surface area contributed by atoms with Crippen molar-refractivity contribution in [2.24, 2.45) is 0 Å². The van der Waals surface area contributed by atoms with Crippen molar-refractivity contribution < 1.29 is 14.5 Å². The fraction of sp³-hybridized carbons (Fsp3) is 0.273. The van der Waals surface area contributed by atoms with E-state index in [1.807, 2.05) is 18.2 Å². The van der Waals surface area contributed by atoms with Crippen LogP contribution in [-0.4, -0.2) is 17.4 Å². The molecule has 1 aromatic rings. The standard InChI is InChI=1S/C11H13BO3/c1-8(13)5-9-3-4-10-7-15-12(2,14)11(10)6-9/h3-4,6,14H,2,5,7H2,1H3. The van der Waals surface area contributed by atoms with Crippen molar-refractivity contribution in [1.29, 1.82) is 0 Å². The SMILES string of the molecule is [CH2+][B-]1(O)OCc2ccc(CC(C)=O)cc21. The van der Waals surface area contributed by atoms with Gasteiger partial charge in [0.25, 0.3) is 0 Å². The molecule has 1 unspecified atom stereocenters. The molecule has 0 fully saturated rings. The van der Waals surface area contributed by atoms with Crippen LogP contribution in [-0.2, 0) is 22.5 Å². The zero-order valence-electron chi connectivity index (χ0n) is 8.69. The molecule has 0 aliphatic carbocycles. The van der Waals surface area contributed by atoms with Crippen molar-refractivity contribution in [3.63, 3.8) is 0 Å². The molecule has 15 heavy (non-hydrogen) atoms. The number of hydrogen-bond donors (Lipinski definition) is 1. The van der Waals surface area contributed by atoms with Crippen molar-refractivity contribution in [3.8, 4) is 0 Å². The number of fused-ring (bicyclic) bond motifs is 1. The first kappa shape index (κ1) is 10.3. The van der Waals surface area contributed by atoms with E-state index in [0.29, 0.717) is 13.0 Å². The number of hydrogen-bond acceptors (Lipinski definition) is 3. The molecule has 1 aliphatic heterocycles. The predicted molar refractivity (Wildman–Crippen MR) is 58.6 cm³/mol. The number of ketones is 1. The van der Waals surface area contributed by atoms with Crippen LogP contribution in [0.4, 0.5) is 0 Å². The summed E-state index contributed by atoms with van der Waals surface area (Å²) in [5.41, 5.74) is 2.59. The molecule has 0 aromatic heterocycles. The second-order valence-electron chi connectivity index (χ2n) is 4.13. The highest BCUT2D eigenvalue weighted by molar-refractivity contribution is 6.82. The van der Waals surface area contributed by atoms with Crippen molar-refractivity contribution >= 4 is 17.8 Å². The minimum atomic E-state index is -2.11. The van der Waals surface area contributed by atoms with Crippen LogP contribution in [0.5, 0.6) is 0 Å². The molecule has 0 saturated heterocycles. The lowest BCUT2D eigenvalue weighted by Crippen LogP contribution is -2.44. The largest absolute Gasteiger partial charge is 0.537 e. The third-order valence-electron chi connectivity index (χ3n) is 2.66. The summed E-state index contributed by atoms with van der Waals surface area (Å²) in [5, 5.41) is 9.85. The Morgan fingerprint density at radius 1 is 1.67 bits per heavy atom. The van der Waals surface area contributed by atoms with Gasteiger partial charge in [-0.15, -0.1) is 0 Å². The van der Waals surface area contributed by atoms with Crippen molar-refractivity contribution in [3.05, 3.63) is 36.1 Å². The number of benzene rings is 1. The number of carbonyl (C=O) groups is 1. The summed E-state index contributed by atoms with van der Waals surface area (Å²) in [4.78, 5) is 11.0. The maximum absolute atomic E-state index is 11.0. The maximum Gasteiger partial charge on any atom is 0.472 e. The average molecular weight is 204 g/mol. The van der Waals surface area contributed by atoms with Crippen LogP contribution in [0.25, 0.3) is 0 Å². The van der Waals surface area contributed by atoms with Crippen LogP contribution in [0, 0.1) is 6.82 Å². The van der Waals surface area contributed by atoms with Crippen LogP contribution in [0.2, 0.25) is 0 Å². The molecular weight excluding hydrogens is 191 g/mol. The van der Waals surface area contributed by atoms with Gasteiger partial charge < -0.3 is 9.68 Å². The van der Waals surface area contributed by atoms with Gasteiger partial charge in [-0.1, -0.05) is 36.0 Å². The first-order chi connectivity index (χ1) is 6.99. The molecule has 0 spiro atoms. The summed E-state index contributed by atoms with van der Waals surface area (Å²) < 4.78 is 5.19. The highest BCUT2D eigenvalue weighted by atomic mass is 16.5. The summed E-state index contributed by atoms with van der Waals surface area (Å²) in [6.45, 7) is 3.48. The molecule has 78 valence electrons. The van der Waals surface area contributed by atoms with Gasteiger partial charge in [0, 0.05) is 13.0 Å². The van der Waals surface area contributed by atoms with E-state index in [2.05, 4.69) is 6.82 Å². The molecule has 0 radical (unpaired) electrons. The normalized spacial score (nSPS) is 23.9. The van der Waals surface area contributed by atoms with E-state index in [9.17, 15) is 9.82 Å². The number of carbonyl (C=O) groups excluding carboxylic acids is 1. The molecular formula is C11H13BO3. The van der Waals surface area contributed by atoms with Gasteiger partial charge in [-0.3, -0.25) is 4.79 Å². The van der Waals surface area contributed by atoms with Gasteiger partial charge in [0.05, 0.1) is 0 Å². The second kappa shape index (κ2) is 3.40. The first-order valence-corrected chi connectivity index (χ1v) is 4.98. The summed E-state index contributed by atoms with van der Waals surface area (Å²) in [6.07, 6.45) is 0.388. The predicted octanol–water partition coefficient (Wildman–Crippen LogP) is 0.363. The van der Waals surface area contributed by atoms with E-state index >= 15 is 0 Å². The van der Waals surface area contributed by atoms with Gasteiger partial charge in [0.15, 0.2) is 0 Å². The summed E-state index contributed by atoms with van der Waals surface area (Å²) >= 11 is 0. The molecule has 1 atom stereocenters. The fourth-order valence-electron chi connectivity index (χ4n) is 1.91. The Morgan fingerprint density at radius 2 is 2.40 bits per heavy atom. The molecule has 0 bridgehead atoms. The molecule has 4 heteroatoms. The molecule has 3 nitrogen and oxygen atoms in total. The number of rotatable bonds is 2. The molecule has 0 saturated carbocycles. The highest BCUT2D eigenvalue weighted by Crippen LogP contribution is 2.17. The van der Waals surface area contributed by atoms with Crippen molar-refractivity contribution in [2.45, 2.75) is 20.0 Å². The Bertz CT molecular complexity index is 412. The minimum Gasteiger partial charge on any atom is -0.537 e. The van der Waals surface area contributed by atoms with Gasteiger partial charge in [0.1, 0.15) is 5.78 Å². The van der Waals surface area contributed by atoms with E-state index in [4.69, 9.17) is 4.65 Å². The molecule has 1 aromatic carbocycles. The summed E-state index contributed by atoms with van der Waals surface area (Å²) in [7, 11) is 0. The first-order valence-electron chi connectivity index (χ1n) is 4.98. The van der Waals surface area contributed by atoms with E-state index in [0.717, 1.165) is 16.6 Å². The Labute approximate surface area is 89.0 Å². The Balaban J connectivity index is 2.37. The average Bonchev–Trinajstić information content (AvgIpc) is 2.42. The van der Waals surface area contributed by atoms with E-state index in [-0.39, 0.29) is 5.78 Å². The zero-order chi connectivity index (χ0) is 11.1. The smallest absolute Gasteiger partial charge is 0.472 e. The quantitative estimate of drug-likeness (QED) is 0.558. The Kier molecular flexibility index (Phi) is 2.33. The van der Waals surface area contributed by atoms with Crippen LogP contribution >= 0.6 is 0 Å². The van der Waals surface area contributed by atoms with Crippen LogP contribution < -0.4 is 5.46 Å². The van der Waals surface area contributed by atoms with Crippen molar-refractivity contribution in [1.82, 2.24) is 0 Å². The minimum absolute atomic E-state index is 0.106. The zero-order valence-corrected chi connectivity index (χ0v) is 8.69. The monoisotopic (exact) mass is 204 g/mol. The van der Waals surface area contributed by atoms with Crippen LogP contribution in [0.3, 0.4) is 0 Å². The van der Waals surface area contributed by atoms with Gasteiger partial charge in [0.2, 0.25) is 0 Å². The van der Waals surface area contributed by atoms with Gasteiger partial charge in [-0.05, 0) is 12.5 Å². The van der Waals surface area contributed by atoms with Gasteiger partial charge in [-0.25, -0.2) is 0 Å². The third-order valence-corrected chi connectivity index (χ3v) is 2.66. The van der Waals surface area contributed by atoms with Gasteiger partial charge >= 0.3 is 6.55 Å². The molecule has 1 aliphatic rings. The van der Waals surface area contributed by atoms with Crippen LogP contribution in [0.1, 0.15) is 18.1 Å². The van der Waals surface area contributed by atoms with E-state index < -0.39 is 6.55 Å². The van der Waals surface area contributed by atoms with E-state index in [1.54, 1.807) is 6.92 Å². The van der Waals surface area contributed by atoms with Crippen molar-refractivity contribution in [2.75, 3.05) is 0 Å².